The van der Waals surface area contributed by atoms with E-state index in [0.29, 0.717) is 29.2 Å². The lowest BCUT2D eigenvalue weighted by Gasteiger charge is -2.09. The second kappa shape index (κ2) is 6.32. The second-order valence-electron chi connectivity index (χ2n) is 4.65. The van der Waals surface area contributed by atoms with Crippen LogP contribution in [0.2, 0.25) is 0 Å². The molecule has 0 spiro atoms. The van der Waals surface area contributed by atoms with Crippen LogP contribution in [0.15, 0.2) is 36.5 Å². The van der Waals surface area contributed by atoms with E-state index in [2.05, 4.69) is 4.98 Å². The Kier molecular flexibility index (Phi) is 4.49. The smallest absolute Gasteiger partial charge is 0.272 e. The first-order valence-electron chi connectivity index (χ1n) is 6.58. The number of aliphatic hydroxyl groups is 1. The highest BCUT2D eigenvalue weighted by Crippen LogP contribution is 2.27. The molecule has 2 rings (SSSR count). The van der Waals surface area contributed by atoms with Crippen LogP contribution in [0.25, 0.3) is 0 Å². The zero-order valence-corrected chi connectivity index (χ0v) is 11.8. The Labute approximate surface area is 122 Å². The lowest BCUT2D eigenvalue weighted by molar-refractivity contribution is -0.385. The molecule has 0 fully saturated rings. The number of nitrogens with zero attached hydrogens (tertiary/aromatic N) is 2. The van der Waals surface area contributed by atoms with Gasteiger partial charge in [0, 0.05) is 11.6 Å². The van der Waals surface area contributed by atoms with Gasteiger partial charge in [0.05, 0.1) is 22.9 Å². The van der Waals surface area contributed by atoms with Gasteiger partial charge in [-0.25, -0.2) is 0 Å². The summed E-state index contributed by atoms with van der Waals surface area (Å²) in [6.45, 7) is 3.53. The number of ether oxygens (including phenoxy) is 1. The number of aryl methyl sites for hydroxylation is 1. The van der Waals surface area contributed by atoms with Crippen LogP contribution in [-0.2, 0) is 0 Å². The molecule has 6 heteroatoms. The van der Waals surface area contributed by atoms with Gasteiger partial charge in [0.1, 0.15) is 11.5 Å². The van der Waals surface area contributed by atoms with E-state index < -0.39 is 11.0 Å². The van der Waals surface area contributed by atoms with E-state index in [4.69, 9.17) is 4.74 Å². The fourth-order valence-electron chi connectivity index (χ4n) is 1.89. The van der Waals surface area contributed by atoms with E-state index in [9.17, 15) is 15.2 Å². The SMILES string of the molecule is CC[C@H](O)c1ccc(Oc2ccc([N+](=O)[O-])c(C)c2)cn1. The molecule has 0 saturated carbocycles. The summed E-state index contributed by atoms with van der Waals surface area (Å²) in [5.74, 6) is 1.01. The third-order valence-electron chi connectivity index (χ3n) is 3.09. The van der Waals surface area contributed by atoms with Crippen LogP contribution in [0.3, 0.4) is 0 Å². The fraction of sp³-hybridized carbons (Fsp3) is 0.267. The Bertz CT molecular complexity index is 641. The first-order chi connectivity index (χ1) is 10.0. The number of rotatable bonds is 5. The minimum atomic E-state index is -0.583. The first-order valence-corrected chi connectivity index (χ1v) is 6.58. The summed E-state index contributed by atoms with van der Waals surface area (Å²) in [5, 5.41) is 20.4. The van der Waals surface area contributed by atoms with Crippen molar-refractivity contribution in [3.63, 3.8) is 0 Å². The molecule has 0 bridgehead atoms. The van der Waals surface area contributed by atoms with Crippen molar-refractivity contribution in [3.05, 3.63) is 57.9 Å². The molecule has 0 unspecified atom stereocenters. The molecule has 2 aromatic rings. The average molecular weight is 288 g/mol. The number of benzene rings is 1. The second-order valence-corrected chi connectivity index (χ2v) is 4.65. The van der Waals surface area contributed by atoms with Gasteiger partial charge in [-0.3, -0.25) is 15.1 Å². The lowest BCUT2D eigenvalue weighted by atomic mass is 10.2. The molecule has 1 atom stereocenters. The third kappa shape index (κ3) is 3.55. The van der Waals surface area contributed by atoms with E-state index in [1.54, 1.807) is 31.2 Å². The standard InChI is InChI=1S/C15H16N2O4/c1-3-15(18)13-6-4-12(9-16-13)21-11-5-7-14(17(19)20)10(2)8-11/h4-9,15,18H,3H2,1-2H3/t15-/m0/s1. The largest absolute Gasteiger partial charge is 0.456 e. The van der Waals surface area contributed by atoms with Crippen LogP contribution < -0.4 is 4.74 Å². The highest BCUT2D eigenvalue weighted by Gasteiger charge is 2.11. The summed E-state index contributed by atoms with van der Waals surface area (Å²) < 4.78 is 5.60. The molecular formula is C15H16N2O4. The summed E-state index contributed by atoms with van der Waals surface area (Å²) in [4.78, 5) is 14.5. The maximum absolute atomic E-state index is 10.8. The van der Waals surface area contributed by atoms with E-state index in [-0.39, 0.29) is 5.69 Å². The number of aliphatic hydroxyl groups excluding tert-OH is 1. The van der Waals surface area contributed by atoms with Gasteiger partial charge in [0.15, 0.2) is 0 Å². The quantitative estimate of drug-likeness (QED) is 0.672. The van der Waals surface area contributed by atoms with Gasteiger partial charge in [-0.15, -0.1) is 0 Å². The number of nitro groups is 1. The summed E-state index contributed by atoms with van der Waals surface area (Å²) in [7, 11) is 0. The molecule has 0 amide bonds. The Morgan fingerprint density at radius 3 is 2.57 bits per heavy atom. The van der Waals surface area contributed by atoms with Crippen LogP contribution >= 0.6 is 0 Å². The number of aromatic nitrogens is 1. The minimum Gasteiger partial charge on any atom is -0.456 e. The van der Waals surface area contributed by atoms with Gasteiger partial charge in [0.2, 0.25) is 0 Å². The van der Waals surface area contributed by atoms with Crippen LogP contribution in [0.5, 0.6) is 11.5 Å². The molecule has 110 valence electrons. The van der Waals surface area contributed by atoms with E-state index in [1.165, 1.54) is 12.3 Å². The van der Waals surface area contributed by atoms with Crippen molar-refractivity contribution in [1.82, 2.24) is 4.98 Å². The van der Waals surface area contributed by atoms with Gasteiger partial charge in [-0.1, -0.05) is 6.92 Å². The molecule has 6 nitrogen and oxygen atoms in total. The lowest BCUT2D eigenvalue weighted by Crippen LogP contribution is -1.98. The first kappa shape index (κ1) is 14.9. The van der Waals surface area contributed by atoms with Crippen LogP contribution in [0, 0.1) is 17.0 Å². The molecule has 0 saturated heterocycles. The minimum absolute atomic E-state index is 0.0573. The summed E-state index contributed by atoms with van der Waals surface area (Å²) in [6.07, 6.45) is 1.53. The van der Waals surface area contributed by atoms with Crippen molar-refractivity contribution in [2.45, 2.75) is 26.4 Å². The van der Waals surface area contributed by atoms with Gasteiger partial charge in [-0.2, -0.15) is 0 Å². The number of hydrogen-bond acceptors (Lipinski definition) is 5. The summed E-state index contributed by atoms with van der Waals surface area (Å²) in [5.41, 5.74) is 1.18. The maximum Gasteiger partial charge on any atom is 0.272 e. The van der Waals surface area contributed by atoms with E-state index in [1.807, 2.05) is 6.92 Å². The normalized spacial score (nSPS) is 12.0. The number of nitro benzene ring substituents is 1. The van der Waals surface area contributed by atoms with Crippen molar-refractivity contribution < 1.29 is 14.8 Å². The predicted molar refractivity (Wildman–Crippen MR) is 77.4 cm³/mol. The third-order valence-corrected chi connectivity index (χ3v) is 3.09. The molecule has 1 heterocycles. The molecular weight excluding hydrogens is 272 g/mol. The van der Waals surface area contributed by atoms with Crippen LogP contribution in [0.4, 0.5) is 5.69 Å². The molecule has 21 heavy (non-hydrogen) atoms. The Morgan fingerprint density at radius 1 is 1.33 bits per heavy atom. The van der Waals surface area contributed by atoms with Crippen molar-refractivity contribution >= 4 is 5.69 Å². The number of pyridine rings is 1. The molecule has 0 radical (unpaired) electrons. The topological polar surface area (TPSA) is 85.5 Å². The molecule has 0 aliphatic rings. The number of hydrogen-bond donors (Lipinski definition) is 1. The van der Waals surface area contributed by atoms with Gasteiger partial charge in [0.25, 0.3) is 5.69 Å². The van der Waals surface area contributed by atoms with Gasteiger partial charge < -0.3 is 9.84 Å². The Balaban J connectivity index is 2.15. The maximum atomic E-state index is 10.8. The van der Waals surface area contributed by atoms with Crippen LogP contribution in [0.1, 0.15) is 30.7 Å². The van der Waals surface area contributed by atoms with E-state index >= 15 is 0 Å². The highest BCUT2D eigenvalue weighted by atomic mass is 16.6. The molecule has 0 aliphatic carbocycles. The van der Waals surface area contributed by atoms with Crippen molar-refractivity contribution in [2.75, 3.05) is 0 Å². The predicted octanol–water partition coefficient (Wildman–Crippen LogP) is 3.53. The van der Waals surface area contributed by atoms with Crippen molar-refractivity contribution in [1.29, 1.82) is 0 Å². The van der Waals surface area contributed by atoms with Crippen molar-refractivity contribution in [2.24, 2.45) is 0 Å². The molecule has 1 aromatic heterocycles. The van der Waals surface area contributed by atoms with Gasteiger partial charge >= 0.3 is 0 Å². The van der Waals surface area contributed by atoms with Crippen LogP contribution in [-0.4, -0.2) is 15.0 Å². The molecule has 0 aliphatic heterocycles. The molecule has 1 aromatic carbocycles. The fourth-order valence-corrected chi connectivity index (χ4v) is 1.89. The van der Waals surface area contributed by atoms with Gasteiger partial charge in [-0.05, 0) is 37.6 Å². The molecule has 1 N–H and O–H groups in total. The monoisotopic (exact) mass is 288 g/mol. The summed E-state index contributed by atoms with van der Waals surface area (Å²) >= 11 is 0. The summed E-state index contributed by atoms with van der Waals surface area (Å²) in [6, 6.07) is 7.96. The zero-order chi connectivity index (χ0) is 15.4. The Hall–Kier alpha value is -2.47. The highest BCUT2D eigenvalue weighted by molar-refractivity contribution is 5.45. The Morgan fingerprint density at radius 2 is 2.05 bits per heavy atom. The van der Waals surface area contributed by atoms with E-state index in [0.717, 1.165) is 0 Å². The average Bonchev–Trinajstić information content (AvgIpc) is 2.47. The van der Waals surface area contributed by atoms with Crippen molar-refractivity contribution in [3.8, 4) is 11.5 Å². The zero-order valence-electron chi connectivity index (χ0n) is 11.8.